The Hall–Kier alpha value is -0.620. The van der Waals surface area contributed by atoms with E-state index in [-0.39, 0.29) is 4.90 Å². The topological polar surface area (TPSA) is 49.4 Å². The molecule has 1 heterocycles. The molecule has 6 heteroatoms. The van der Waals surface area contributed by atoms with E-state index in [1.54, 1.807) is 12.1 Å². The molecule has 1 fully saturated rings. The average Bonchev–Trinajstić information content (AvgIpc) is 2.82. The molecule has 106 valence electrons. The summed E-state index contributed by atoms with van der Waals surface area (Å²) in [5.74, 6) is 0.378. The predicted molar refractivity (Wildman–Crippen MR) is 77.0 cm³/mol. The summed E-state index contributed by atoms with van der Waals surface area (Å²) in [6.07, 6.45) is 0.892. The van der Waals surface area contributed by atoms with Gasteiger partial charge in [0, 0.05) is 13.1 Å². The molecule has 4 nitrogen and oxygen atoms in total. The van der Waals surface area contributed by atoms with Crippen molar-refractivity contribution in [2.75, 3.05) is 26.7 Å². The molecule has 2 rings (SSSR count). The fraction of sp³-hybridized carbons (Fsp3) is 0.538. The van der Waals surface area contributed by atoms with E-state index in [1.807, 2.05) is 20.0 Å². The van der Waals surface area contributed by atoms with Gasteiger partial charge in [0.2, 0.25) is 10.0 Å². The standard InChI is InChI=1S/C13H19ClN2O2S/c1-10-4-3-5-12(13(10)14)19(17,18)16-7-6-11(9-16)8-15-2/h3-5,11,15H,6-9H2,1-2H3. The average molecular weight is 303 g/mol. The van der Waals surface area contributed by atoms with Crippen LogP contribution in [0.5, 0.6) is 0 Å². The van der Waals surface area contributed by atoms with E-state index in [1.165, 1.54) is 4.31 Å². The van der Waals surface area contributed by atoms with Gasteiger partial charge in [-0.15, -0.1) is 0 Å². The predicted octanol–water partition coefficient (Wildman–Crippen LogP) is 1.88. The summed E-state index contributed by atoms with van der Waals surface area (Å²) < 4.78 is 26.7. The van der Waals surface area contributed by atoms with Gasteiger partial charge in [0.15, 0.2) is 0 Å². The maximum atomic E-state index is 12.6. The van der Waals surface area contributed by atoms with Crippen LogP contribution in [0.2, 0.25) is 5.02 Å². The van der Waals surface area contributed by atoms with Gasteiger partial charge in [-0.1, -0.05) is 23.7 Å². The molecule has 0 saturated carbocycles. The van der Waals surface area contributed by atoms with Gasteiger partial charge >= 0.3 is 0 Å². The Bertz CT molecular complexity index is 560. The zero-order valence-corrected chi connectivity index (χ0v) is 12.8. The van der Waals surface area contributed by atoms with Crippen LogP contribution in [0.4, 0.5) is 0 Å². The van der Waals surface area contributed by atoms with Crippen molar-refractivity contribution >= 4 is 21.6 Å². The minimum absolute atomic E-state index is 0.222. The Morgan fingerprint density at radius 1 is 1.47 bits per heavy atom. The van der Waals surface area contributed by atoms with Crippen LogP contribution in [0.1, 0.15) is 12.0 Å². The fourth-order valence-electron chi connectivity index (χ4n) is 2.43. The molecule has 1 saturated heterocycles. The van der Waals surface area contributed by atoms with E-state index < -0.39 is 10.0 Å². The van der Waals surface area contributed by atoms with Crippen LogP contribution in [0.3, 0.4) is 0 Å². The highest BCUT2D eigenvalue weighted by Gasteiger charge is 2.33. The van der Waals surface area contributed by atoms with Gasteiger partial charge in [-0.05, 0) is 44.5 Å². The largest absolute Gasteiger partial charge is 0.319 e. The van der Waals surface area contributed by atoms with E-state index in [9.17, 15) is 8.42 Å². The van der Waals surface area contributed by atoms with E-state index in [0.717, 1.165) is 18.5 Å². The molecule has 1 unspecified atom stereocenters. The van der Waals surface area contributed by atoms with Crippen LogP contribution >= 0.6 is 11.6 Å². The van der Waals surface area contributed by atoms with Crippen LogP contribution in [-0.2, 0) is 10.0 Å². The molecule has 1 atom stereocenters. The van der Waals surface area contributed by atoms with Gasteiger partial charge in [-0.25, -0.2) is 8.42 Å². The van der Waals surface area contributed by atoms with E-state index >= 15 is 0 Å². The minimum Gasteiger partial charge on any atom is -0.319 e. The highest BCUT2D eigenvalue weighted by molar-refractivity contribution is 7.89. The SMILES string of the molecule is CNCC1CCN(S(=O)(=O)c2cccc(C)c2Cl)C1. The van der Waals surface area contributed by atoms with Crippen LogP contribution in [0, 0.1) is 12.8 Å². The van der Waals surface area contributed by atoms with Crippen molar-refractivity contribution in [3.8, 4) is 0 Å². The van der Waals surface area contributed by atoms with Gasteiger partial charge in [0.25, 0.3) is 0 Å². The number of halogens is 1. The zero-order valence-electron chi connectivity index (χ0n) is 11.2. The van der Waals surface area contributed by atoms with Crippen LogP contribution in [0.25, 0.3) is 0 Å². The Kier molecular flexibility index (Phi) is 4.50. The number of rotatable bonds is 4. The Balaban J connectivity index is 2.26. The van der Waals surface area contributed by atoms with Crippen molar-refractivity contribution in [1.29, 1.82) is 0 Å². The van der Waals surface area contributed by atoms with Crippen molar-refractivity contribution in [3.63, 3.8) is 0 Å². The quantitative estimate of drug-likeness (QED) is 0.924. The fourth-order valence-corrected chi connectivity index (χ4v) is 4.52. The van der Waals surface area contributed by atoms with E-state index in [2.05, 4.69) is 5.32 Å². The molecule has 1 N–H and O–H groups in total. The first-order valence-electron chi connectivity index (χ1n) is 6.36. The Morgan fingerprint density at radius 3 is 2.89 bits per heavy atom. The highest BCUT2D eigenvalue weighted by Crippen LogP contribution is 2.30. The van der Waals surface area contributed by atoms with Gasteiger partial charge in [0.05, 0.1) is 5.02 Å². The molecule has 0 bridgehead atoms. The summed E-state index contributed by atoms with van der Waals surface area (Å²) in [5, 5.41) is 3.43. The lowest BCUT2D eigenvalue weighted by atomic mass is 10.1. The molecule has 0 amide bonds. The highest BCUT2D eigenvalue weighted by atomic mass is 35.5. The third-order valence-electron chi connectivity index (χ3n) is 3.52. The van der Waals surface area contributed by atoms with Crippen molar-refractivity contribution in [2.45, 2.75) is 18.2 Å². The summed E-state index contributed by atoms with van der Waals surface area (Å²) in [7, 11) is -1.59. The van der Waals surface area contributed by atoms with Crippen molar-refractivity contribution in [2.24, 2.45) is 5.92 Å². The second-order valence-electron chi connectivity index (χ2n) is 4.96. The summed E-state index contributed by atoms with van der Waals surface area (Å²) in [5.41, 5.74) is 0.786. The van der Waals surface area contributed by atoms with Gasteiger partial charge in [0.1, 0.15) is 4.90 Å². The first-order valence-corrected chi connectivity index (χ1v) is 8.18. The number of hydrogen-bond donors (Lipinski definition) is 1. The van der Waals surface area contributed by atoms with Crippen molar-refractivity contribution < 1.29 is 8.42 Å². The molecule has 0 aliphatic carbocycles. The zero-order chi connectivity index (χ0) is 14.0. The van der Waals surface area contributed by atoms with Crippen LogP contribution in [0.15, 0.2) is 23.1 Å². The maximum absolute atomic E-state index is 12.6. The smallest absolute Gasteiger partial charge is 0.244 e. The second kappa shape index (κ2) is 5.79. The van der Waals surface area contributed by atoms with Crippen LogP contribution < -0.4 is 5.32 Å². The Labute approximate surface area is 119 Å². The van der Waals surface area contributed by atoms with Crippen molar-refractivity contribution in [1.82, 2.24) is 9.62 Å². The number of benzene rings is 1. The number of hydrogen-bond acceptors (Lipinski definition) is 3. The lowest BCUT2D eigenvalue weighted by molar-refractivity contribution is 0.451. The monoisotopic (exact) mass is 302 g/mol. The Morgan fingerprint density at radius 2 is 2.21 bits per heavy atom. The molecular weight excluding hydrogens is 284 g/mol. The lowest BCUT2D eigenvalue weighted by Gasteiger charge is -2.18. The molecule has 1 aromatic rings. The van der Waals surface area contributed by atoms with E-state index in [0.29, 0.717) is 24.0 Å². The molecular formula is C13H19ClN2O2S. The number of nitrogens with one attached hydrogen (secondary N) is 1. The minimum atomic E-state index is -3.47. The van der Waals surface area contributed by atoms with Crippen molar-refractivity contribution in [3.05, 3.63) is 28.8 Å². The molecule has 19 heavy (non-hydrogen) atoms. The van der Waals surface area contributed by atoms with Gasteiger partial charge in [-0.3, -0.25) is 0 Å². The molecule has 0 aromatic heterocycles. The maximum Gasteiger partial charge on any atom is 0.244 e. The number of sulfonamides is 1. The van der Waals surface area contributed by atoms with Crippen LogP contribution in [-0.4, -0.2) is 39.4 Å². The summed E-state index contributed by atoms with van der Waals surface area (Å²) in [6, 6.07) is 5.13. The van der Waals surface area contributed by atoms with Gasteiger partial charge < -0.3 is 5.32 Å². The number of aryl methyl sites for hydroxylation is 1. The molecule has 0 radical (unpaired) electrons. The summed E-state index contributed by atoms with van der Waals surface area (Å²) in [4.78, 5) is 0.222. The lowest BCUT2D eigenvalue weighted by Crippen LogP contribution is -2.30. The molecule has 0 spiro atoms. The van der Waals surface area contributed by atoms with Gasteiger partial charge in [-0.2, -0.15) is 4.31 Å². The molecule has 1 aromatic carbocycles. The molecule has 1 aliphatic rings. The summed E-state index contributed by atoms with van der Waals surface area (Å²) >= 11 is 6.14. The third-order valence-corrected chi connectivity index (χ3v) is 6.04. The first kappa shape index (κ1) is 14.8. The van der Waals surface area contributed by atoms with E-state index in [4.69, 9.17) is 11.6 Å². The second-order valence-corrected chi connectivity index (χ2v) is 7.25. The molecule has 1 aliphatic heterocycles. The normalized spacial score (nSPS) is 20.9. The summed E-state index contributed by atoms with van der Waals surface area (Å²) in [6.45, 7) is 3.79. The number of nitrogens with zero attached hydrogens (tertiary/aromatic N) is 1. The first-order chi connectivity index (χ1) is 8.96. The third kappa shape index (κ3) is 2.94.